The van der Waals surface area contributed by atoms with Gasteiger partial charge in [0.15, 0.2) is 0 Å². The van der Waals surface area contributed by atoms with E-state index in [0.29, 0.717) is 3.41 Å². The van der Waals surface area contributed by atoms with E-state index < -0.39 is 0 Å². The molecule has 1 aliphatic heterocycles. The summed E-state index contributed by atoms with van der Waals surface area (Å²) >= 11 is 14.4. The Hall–Kier alpha value is 1.75. The summed E-state index contributed by atoms with van der Waals surface area (Å²) in [6, 6.07) is 0. The van der Waals surface area contributed by atoms with Gasteiger partial charge >= 0.3 is 0 Å². The molecule has 0 amide bonds. The van der Waals surface area contributed by atoms with Gasteiger partial charge in [-0.05, 0) is 6.42 Å². The van der Waals surface area contributed by atoms with E-state index in [0.717, 1.165) is 15.4 Å². The maximum Gasteiger partial charge on any atom is 0.109 e. The number of thiol groups is 2. The highest BCUT2D eigenvalue weighted by Gasteiger charge is 2.43. The second-order valence-electron chi connectivity index (χ2n) is 2.36. The summed E-state index contributed by atoms with van der Waals surface area (Å²) in [5.74, 6) is 0. The molecule has 5 heteroatoms. The van der Waals surface area contributed by atoms with Gasteiger partial charge in [-0.2, -0.15) is 25.3 Å². The van der Waals surface area contributed by atoms with E-state index in [9.17, 15) is 0 Å². The molecule has 0 N–H and O–H groups in total. The highest BCUT2D eigenvalue weighted by molar-refractivity contribution is 8.37. The number of hydrogen-bond donors (Lipinski definition) is 2. The van der Waals surface area contributed by atoms with E-state index in [4.69, 9.17) is 0 Å². The number of thioether (sulfide) groups is 3. The van der Waals surface area contributed by atoms with Gasteiger partial charge in [-0.15, -0.1) is 35.3 Å². The van der Waals surface area contributed by atoms with E-state index in [1.165, 1.54) is 6.42 Å². The van der Waals surface area contributed by atoms with Crippen molar-refractivity contribution in [2.45, 2.75) is 22.0 Å². The fourth-order valence-corrected chi connectivity index (χ4v) is 8.35. The number of rotatable bonds is 4. The van der Waals surface area contributed by atoms with Crippen LogP contribution in [-0.4, -0.2) is 18.8 Å². The Balaban J connectivity index is 2.33. The van der Waals surface area contributed by atoms with E-state index >= 15 is 0 Å². The maximum atomic E-state index is 4.24. The van der Waals surface area contributed by atoms with Crippen molar-refractivity contribution >= 4 is 60.5 Å². The SMILES string of the molecule is CC1CC(SCS)(SCS)S1. The van der Waals surface area contributed by atoms with Crippen molar-refractivity contribution < 1.29 is 0 Å². The van der Waals surface area contributed by atoms with Crippen LogP contribution in [0.1, 0.15) is 13.3 Å². The number of hydrogen-bond acceptors (Lipinski definition) is 5. The van der Waals surface area contributed by atoms with Crippen LogP contribution >= 0.6 is 60.5 Å². The average Bonchev–Trinajstić information content (AvgIpc) is 1.86. The van der Waals surface area contributed by atoms with Crippen molar-refractivity contribution in [3.8, 4) is 0 Å². The van der Waals surface area contributed by atoms with Crippen molar-refractivity contribution in [2.75, 3.05) is 10.2 Å². The third-order valence-corrected chi connectivity index (χ3v) is 6.82. The molecule has 0 aromatic rings. The zero-order chi connectivity index (χ0) is 8.32. The van der Waals surface area contributed by atoms with Crippen LogP contribution in [0.4, 0.5) is 0 Å². The molecule has 1 fully saturated rings. The van der Waals surface area contributed by atoms with Crippen molar-refractivity contribution in [1.29, 1.82) is 0 Å². The molecule has 0 aromatic heterocycles. The Morgan fingerprint density at radius 1 is 1.45 bits per heavy atom. The lowest BCUT2D eigenvalue weighted by atomic mass is 10.3. The molecule has 0 aliphatic carbocycles. The molecular formula is C6H12S5. The van der Waals surface area contributed by atoms with Gasteiger partial charge in [0.25, 0.3) is 0 Å². The Labute approximate surface area is 92.2 Å². The first-order chi connectivity index (χ1) is 5.22. The topological polar surface area (TPSA) is 0 Å². The van der Waals surface area contributed by atoms with Crippen LogP contribution < -0.4 is 0 Å². The second-order valence-corrected chi connectivity index (χ2v) is 8.91. The Bertz CT molecular complexity index is 105. The summed E-state index contributed by atoms with van der Waals surface area (Å²) in [5.41, 5.74) is 0. The standard InChI is InChI=1S/C6H12S5/c1-5-2-6(11-5,9-3-7)10-4-8/h5,7-8H,2-4H2,1H3. The van der Waals surface area contributed by atoms with Gasteiger partial charge in [-0.1, -0.05) is 6.92 Å². The van der Waals surface area contributed by atoms with E-state index in [-0.39, 0.29) is 0 Å². The highest BCUT2D eigenvalue weighted by Crippen LogP contribution is 2.61. The Kier molecular flexibility index (Phi) is 4.76. The van der Waals surface area contributed by atoms with Gasteiger partial charge in [0, 0.05) is 15.4 Å². The molecule has 11 heavy (non-hydrogen) atoms. The molecule has 0 saturated carbocycles. The van der Waals surface area contributed by atoms with Crippen LogP contribution in [0.5, 0.6) is 0 Å². The fraction of sp³-hybridized carbons (Fsp3) is 1.00. The molecule has 1 unspecified atom stereocenters. The molecule has 1 atom stereocenters. The third kappa shape index (κ3) is 2.86. The first kappa shape index (κ1) is 10.8. The summed E-state index contributed by atoms with van der Waals surface area (Å²) in [4.78, 5) is 0. The molecule has 1 rings (SSSR count). The second kappa shape index (κ2) is 4.84. The molecule has 0 spiro atoms. The lowest BCUT2D eigenvalue weighted by Crippen LogP contribution is -2.33. The van der Waals surface area contributed by atoms with Crippen LogP contribution in [0.3, 0.4) is 0 Å². The van der Waals surface area contributed by atoms with Crippen LogP contribution in [0, 0.1) is 0 Å². The predicted molar refractivity (Wildman–Crippen MR) is 67.3 cm³/mol. The van der Waals surface area contributed by atoms with Crippen molar-refractivity contribution in [2.24, 2.45) is 0 Å². The van der Waals surface area contributed by atoms with Gasteiger partial charge in [-0.25, -0.2) is 0 Å². The fourth-order valence-electron chi connectivity index (χ4n) is 1.07. The molecule has 1 saturated heterocycles. The van der Waals surface area contributed by atoms with E-state index in [2.05, 4.69) is 43.9 Å². The lowest BCUT2D eigenvalue weighted by molar-refractivity contribution is 0.799. The quantitative estimate of drug-likeness (QED) is 0.575. The van der Waals surface area contributed by atoms with Crippen LogP contribution in [0.25, 0.3) is 0 Å². The summed E-state index contributed by atoms with van der Waals surface area (Å²) in [6.45, 7) is 2.28. The first-order valence-electron chi connectivity index (χ1n) is 3.40. The maximum absolute atomic E-state index is 4.24. The molecule has 66 valence electrons. The molecule has 1 heterocycles. The van der Waals surface area contributed by atoms with Gasteiger partial charge in [0.2, 0.25) is 0 Å². The molecular weight excluding hydrogens is 232 g/mol. The van der Waals surface area contributed by atoms with Crippen molar-refractivity contribution in [3.63, 3.8) is 0 Å². The minimum Gasteiger partial charge on any atom is -0.168 e. The normalized spacial score (nSPS) is 28.1. The monoisotopic (exact) mass is 244 g/mol. The molecule has 0 aromatic carbocycles. The van der Waals surface area contributed by atoms with Gasteiger partial charge < -0.3 is 0 Å². The Morgan fingerprint density at radius 3 is 2.18 bits per heavy atom. The van der Waals surface area contributed by atoms with Gasteiger partial charge in [-0.3, -0.25) is 0 Å². The average molecular weight is 244 g/mol. The smallest absolute Gasteiger partial charge is 0.109 e. The van der Waals surface area contributed by atoms with Gasteiger partial charge in [0.05, 0.1) is 0 Å². The van der Waals surface area contributed by atoms with Gasteiger partial charge in [0.1, 0.15) is 3.41 Å². The third-order valence-electron chi connectivity index (χ3n) is 1.49. The minimum absolute atomic E-state index is 0.392. The van der Waals surface area contributed by atoms with Crippen LogP contribution in [0.15, 0.2) is 0 Å². The summed E-state index contributed by atoms with van der Waals surface area (Å²) in [7, 11) is 0. The van der Waals surface area contributed by atoms with Crippen molar-refractivity contribution in [1.82, 2.24) is 0 Å². The van der Waals surface area contributed by atoms with Crippen LogP contribution in [0.2, 0.25) is 0 Å². The highest BCUT2D eigenvalue weighted by atomic mass is 32.3. The molecule has 1 aliphatic rings. The van der Waals surface area contributed by atoms with Crippen molar-refractivity contribution in [3.05, 3.63) is 0 Å². The summed E-state index contributed by atoms with van der Waals surface area (Å²) in [6.07, 6.45) is 1.30. The minimum atomic E-state index is 0.392. The first-order valence-corrected chi connectivity index (χ1v) is 7.51. The molecule has 0 nitrogen and oxygen atoms in total. The van der Waals surface area contributed by atoms with E-state index in [1.54, 1.807) is 0 Å². The predicted octanol–water partition coefficient (Wildman–Crippen LogP) is 3.41. The zero-order valence-corrected chi connectivity index (χ0v) is 10.6. The Morgan fingerprint density at radius 2 is 1.91 bits per heavy atom. The molecule has 0 radical (unpaired) electrons. The largest absolute Gasteiger partial charge is 0.168 e. The summed E-state index contributed by atoms with van der Waals surface area (Å²) < 4.78 is 0.392. The molecule has 0 bridgehead atoms. The zero-order valence-electron chi connectivity index (χ0n) is 6.32. The van der Waals surface area contributed by atoms with E-state index in [1.807, 2.05) is 23.5 Å². The van der Waals surface area contributed by atoms with Crippen LogP contribution in [-0.2, 0) is 0 Å². The summed E-state index contributed by atoms with van der Waals surface area (Å²) in [5, 5.41) is 2.66. The lowest BCUT2D eigenvalue weighted by Gasteiger charge is -2.44.